The molecule has 1 atom stereocenters. The first-order valence-electron chi connectivity index (χ1n) is 6.02. The highest BCUT2D eigenvalue weighted by Crippen LogP contribution is 2.25. The van der Waals surface area contributed by atoms with E-state index in [0.717, 1.165) is 0 Å². The summed E-state index contributed by atoms with van der Waals surface area (Å²) in [6.45, 7) is 0.377. The molecular weight excluding hydrogens is 266 g/mol. The molecule has 108 valence electrons. The van der Waals surface area contributed by atoms with Crippen molar-refractivity contribution >= 4 is 24.2 Å². The summed E-state index contributed by atoms with van der Waals surface area (Å²) in [7, 11) is 0. The average molecular weight is 281 g/mol. The number of isocyanates is 3. The number of rotatable bonds is 11. The van der Waals surface area contributed by atoms with Gasteiger partial charge in [-0.25, -0.2) is 29.2 Å². The molecule has 0 aliphatic carbocycles. The molecule has 0 aromatic rings. The molecule has 8 heteroatoms. The SMILES string of the molecule is O=C=NCCCCC(CCCN=C=O)(N=C=O)C(=O)O. The molecule has 0 bridgehead atoms. The van der Waals surface area contributed by atoms with Crippen LogP contribution in [0.4, 0.5) is 0 Å². The van der Waals surface area contributed by atoms with E-state index in [4.69, 9.17) is 0 Å². The van der Waals surface area contributed by atoms with Crippen molar-refractivity contribution < 1.29 is 24.3 Å². The van der Waals surface area contributed by atoms with Crippen molar-refractivity contribution in [3.8, 4) is 0 Å². The Bertz CT molecular complexity index is 456. The van der Waals surface area contributed by atoms with Gasteiger partial charge in [0.2, 0.25) is 18.2 Å². The van der Waals surface area contributed by atoms with Crippen molar-refractivity contribution in [1.29, 1.82) is 0 Å². The van der Waals surface area contributed by atoms with E-state index in [1.807, 2.05) is 0 Å². The van der Waals surface area contributed by atoms with Gasteiger partial charge in [0, 0.05) is 0 Å². The number of carbonyl (C=O) groups excluding carboxylic acids is 3. The highest BCUT2D eigenvalue weighted by molar-refractivity contribution is 5.80. The van der Waals surface area contributed by atoms with E-state index >= 15 is 0 Å². The van der Waals surface area contributed by atoms with Crippen LogP contribution in [0.1, 0.15) is 32.1 Å². The standard InChI is InChI=1S/C12H15N3O5/c16-8-13-6-2-1-4-12(11(19)20,15-10-18)5-3-7-14-9-17/h1-7H2,(H,19,20). The van der Waals surface area contributed by atoms with Crippen molar-refractivity contribution in [2.24, 2.45) is 15.0 Å². The highest BCUT2D eigenvalue weighted by Gasteiger charge is 2.37. The third-order valence-electron chi connectivity index (χ3n) is 2.76. The number of hydrogen-bond donors (Lipinski definition) is 1. The molecule has 0 aromatic heterocycles. The number of carbonyl (C=O) groups is 1. The molecular formula is C12H15N3O5. The predicted molar refractivity (Wildman–Crippen MR) is 67.6 cm³/mol. The lowest BCUT2D eigenvalue weighted by Crippen LogP contribution is -2.37. The van der Waals surface area contributed by atoms with Crippen LogP contribution in [0.3, 0.4) is 0 Å². The summed E-state index contributed by atoms with van der Waals surface area (Å²) < 4.78 is 0. The molecule has 0 rings (SSSR count). The first-order valence-corrected chi connectivity index (χ1v) is 6.02. The molecule has 20 heavy (non-hydrogen) atoms. The number of carboxylic acid groups (broad SMARTS) is 1. The smallest absolute Gasteiger partial charge is 0.332 e. The summed E-state index contributed by atoms with van der Waals surface area (Å²) in [4.78, 5) is 51.7. The molecule has 0 aromatic carbocycles. The lowest BCUT2D eigenvalue weighted by atomic mass is 9.88. The van der Waals surface area contributed by atoms with Crippen LogP contribution in [0.25, 0.3) is 0 Å². The molecule has 0 heterocycles. The van der Waals surface area contributed by atoms with Gasteiger partial charge in [0.05, 0.1) is 13.1 Å². The maximum atomic E-state index is 11.3. The third kappa shape index (κ3) is 6.52. The van der Waals surface area contributed by atoms with Crippen LogP contribution in [0.5, 0.6) is 0 Å². The van der Waals surface area contributed by atoms with E-state index in [1.165, 1.54) is 18.2 Å². The zero-order valence-electron chi connectivity index (χ0n) is 10.9. The Labute approximate surface area is 115 Å². The van der Waals surface area contributed by atoms with Crippen LogP contribution in [-0.2, 0) is 19.2 Å². The lowest BCUT2D eigenvalue weighted by Gasteiger charge is -2.22. The molecule has 1 unspecified atom stereocenters. The molecule has 0 radical (unpaired) electrons. The second-order valence-corrected chi connectivity index (χ2v) is 4.05. The molecule has 0 aliphatic rings. The fourth-order valence-corrected chi connectivity index (χ4v) is 1.74. The summed E-state index contributed by atoms with van der Waals surface area (Å²) in [6.07, 6.45) is 5.42. The second kappa shape index (κ2) is 10.5. The Kier molecular flexibility index (Phi) is 9.27. The number of aliphatic imine (C=N–C) groups is 3. The van der Waals surface area contributed by atoms with Crippen molar-refractivity contribution in [3.05, 3.63) is 0 Å². The van der Waals surface area contributed by atoms with Gasteiger partial charge in [-0.2, -0.15) is 4.99 Å². The second-order valence-electron chi connectivity index (χ2n) is 4.05. The highest BCUT2D eigenvalue weighted by atomic mass is 16.4. The monoisotopic (exact) mass is 281 g/mol. The average Bonchev–Trinajstić information content (AvgIpc) is 2.43. The Balaban J connectivity index is 4.65. The van der Waals surface area contributed by atoms with Gasteiger partial charge < -0.3 is 5.11 Å². The minimum atomic E-state index is -1.56. The fourth-order valence-electron chi connectivity index (χ4n) is 1.74. The van der Waals surface area contributed by atoms with E-state index in [0.29, 0.717) is 19.3 Å². The van der Waals surface area contributed by atoms with Gasteiger partial charge in [0.1, 0.15) is 0 Å². The van der Waals surface area contributed by atoms with E-state index in [9.17, 15) is 24.3 Å². The lowest BCUT2D eigenvalue weighted by molar-refractivity contribution is -0.143. The molecule has 0 saturated heterocycles. The van der Waals surface area contributed by atoms with Gasteiger partial charge >= 0.3 is 5.97 Å². The number of hydrogen-bond acceptors (Lipinski definition) is 7. The summed E-state index contributed by atoms with van der Waals surface area (Å²) in [6, 6.07) is 0. The molecule has 8 nitrogen and oxygen atoms in total. The molecule has 1 N–H and O–H groups in total. The Morgan fingerprint density at radius 2 is 1.45 bits per heavy atom. The third-order valence-corrected chi connectivity index (χ3v) is 2.76. The van der Waals surface area contributed by atoms with E-state index < -0.39 is 11.5 Å². The largest absolute Gasteiger partial charge is 0.479 e. The fraction of sp³-hybridized carbons (Fsp3) is 0.667. The van der Waals surface area contributed by atoms with Crippen LogP contribution in [0.15, 0.2) is 15.0 Å². The molecule has 0 aliphatic heterocycles. The molecule has 0 fully saturated rings. The van der Waals surface area contributed by atoms with Crippen molar-refractivity contribution in [2.75, 3.05) is 13.1 Å². The van der Waals surface area contributed by atoms with Gasteiger partial charge in [0.25, 0.3) is 0 Å². The topological polar surface area (TPSA) is 126 Å². The Morgan fingerprint density at radius 3 is 1.95 bits per heavy atom. The van der Waals surface area contributed by atoms with E-state index in [-0.39, 0.29) is 25.9 Å². The van der Waals surface area contributed by atoms with Crippen LogP contribution in [-0.4, -0.2) is 47.9 Å². The maximum Gasteiger partial charge on any atom is 0.332 e. The summed E-state index contributed by atoms with van der Waals surface area (Å²) in [5.41, 5.74) is -1.56. The minimum absolute atomic E-state index is 0.0691. The summed E-state index contributed by atoms with van der Waals surface area (Å²) in [5, 5.41) is 9.25. The van der Waals surface area contributed by atoms with Gasteiger partial charge in [0.15, 0.2) is 5.54 Å². The number of aliphatic carboxylic acids is 1. The number of unbranched alkanes of at least 4 members (excludes halogenated alkanes) is 1. The van der Waals surface area contributed by atoms with Crippen LogP contribution >= 0.6 is 0 Å². The zero-order valence-corrected chi connectivity index (χ0v) is 10.9. The van der Waals surface area contributed by atoms with Gasteiger partial charge in [-0.1, -0.05) is 0 Å². The van der Waals surface area contributed by atoms with Crippen LogP contribution < -0.4 is 0 Å². The van der Waals surface area contributed by atoms with Crippen molar-refractivity contribution in [1.82, 2.24) is 0 Å². The van der Waals surface area contributed by atoms with Crippen molar-refractivity contribution in [2.45, 2.75) is 37.6 Å². The van der Waals surface area contributed by atoms with Crippen LogP contribution in [0, 0.1) is 0 Å². The quantitative estimate of drug-likeness (QED) is 0.340. The molecule has 0 spiro atoms. The Hall–Kier alpha value is -2.39. The van der Waals surface area contributed by atoms with Gasteiger partial charge in [-0.15, -0.1) is 0 Å². The number of carboxylic acids is 1. The Morgan fingerprint density at radius 1 is 0.900 bits per heavy atom. The minimum Gasteiger partial charge on any atom is -0.479 e. The zero-order chi connectivity index (χ0) is 15.3. The van der Waals surface area contributed by atoms with Crippen LogP contribution in [0.2, 0.25) is 0 Å². The van der Waals surface area contributed by atoms with Gasteiger partial charge in [-0.05, 0) is 32.1 Å². The normalized spacial score (nSPS) is 12.2. The first kappa shape index (κ1) is 17.6. The first-order chi connectivity index (χ1) is 9.63. The van der Waals surface area contributed by atoms with E-state index in [2.05, 4.69) is 15.0 Å². The summed E-state index contributed by atoms with van der Waals surface area (Å²) >= 11 is 0. The molecule has 0 amide bonds. The maximum absolute atomic E-state index is 11.3. The van der Waals surface area contributed by atoms with E-state index in [1.54, 1.807) is 0 Å². The molecule has 0 saturated carbocycles. The van der Waals surface area contributed by atoms with Crippen molar-refractivity contribution in [3.63, 3.8) is 0 Å². The summed E-state index contributed by atoms with van der Waals surface area (Å²) in [5.74, 6) is -1.23. The predicted octanol–water partition coefficient (Wildman–Crippen LogP) is 0.768. The van der Waals surface area contributed by atoms with Gasteiger partial charge in [-0.3, -0.25) is 0 Å². The number of nitrogens with zero attached hydrogens (tertiary/aromatic N) is 3.